The normalized spacial score (nSPS) is 19.0. The average molecular weight is 294 g/mol. The van der Waals surface area contributed by atoms with Crippen molar-refractivity contribution < 1.29 is 4.74 Å². The van der Waals surface area contributed by atoms with Crippen LogP contribution < -0.4 is 16.0 Å². The van der Waals surface area contributed by atoms with Crippen molar-refractivity contribution in [3.8, 4) is 5.75 Å². The van der Waals surface area contributed by atoms with Crippen LogP contribution in [0.2, 0.25) is 0 Å². The lowest BCUT2D eigenvalue weighted by atomic mass is 9.84. The first kappa shape index (κ1) is 16.3. The lowest BCUT2D eigenvalue weighted by molar-refractivity contribution is 0.271. The lowest BCUT2D eigenvalue weighted by Gasteiger charge is -2.29. The monoisotopic (exact) mass is 294 g/mol. The number of aromatic nitrogens is 2. The maximum absolute atomic E-state index is 5.93. The molecule has 5 nitrogen and oxygen atoms in total. The van der Waals surface area contributed by atoms with Gasteiger partial charge in [0.25, 0.3) is 0 Å². The Bertz CT molecular complexity index is 410. The Morgan fingerprint density at radius 2 is 2.00 bits per heavy atom. The summed E-state index contributed by atoms with van der Waals surface area (Å²) in [6, 6.07) is 0.132. The number of methoxy groups -OCH3 is 1. The zero-order valence-corrected chi connectivity index (χ0v) is 13.5. The third-order valence-corrected chi connectivity index (χ3v) is 4.60. The van der Waals surface area contributed by atoms with Crippen LogP contribution in [0.5, 0.6) is 5.75 Å². The second-order valence-corrected chi connectivity index (χ2v) is 6.07. The van der Waals surface area contributed by atoms with Crippen molar-refractivity contribution in [2.75, 3.05) is 7.11 Å². The first-order valence-electron chi connectivity index (χ1n) is 8.37. The second-order valence-electron chi connectivity index (χ2n) is 6.07. The van der Waals surface area contributed by atoms with Gasteiger partial charge < -0.3 is 4.74 Å². The van der Waals surface area contributed by atoms with Crippen molar-refractivity contribution in [3.63, 3.8) is 0 Å². The van der Waals surface area contributed by atoms with Gasteiger partial charge in [0.1, 0.15) is 0 Å². The number of ether oxygens (including phenoxy) is 1. The van der Waals surface area contributed by atoms with Gasteiger partial charge in [-0.3, -0.25) is 16.0 Å². The molecule has 0 aromatic carbocycles. The van der Waals surface area contributed by atoms with Gasteiger partial charge in [0.15, 0.2) is 5.75 Å². The molecule has 1 unspecified atom stereocenters. The molecule has 0 saturated heterocycles. The van der Waals surface area contributed by atoms with Gasteiger partial charge in [-0.15, -0.1) is 0 Å². The summed E-state index contributed by atoms with van der Waals surface area (Å²) in [7, 11) is 1.71. The highest BCUT2D eigenvalue weighted by Crippen LogP contribution is 2.36. The predicted octanol–water partition coefficient (Wildman–Crippen LogP) is 3.17. The number of hydrogen-bond acceptors (Lipinski definition) is 4. The standard InChI is InChI=1S/C16H30N4O/c1-3-11-20-16(14(21-2)12-18-20)15(19-17)13-9-7-5-4-6-8-10-13/h12-13,15,19H,3-11,17H2,1-2H3. The molecule has 21 heavy (non-hydrogen) atoms. The fourth-order valence-corrected chi connectivity index (χ4v) is 3.50. The Kier molecular flexibility index (Phi) is 6.51. The van der Waals surface area contributed by atoms with Gasteiger partial charge in [-0.1, -0.05) is 39.0 Å². The van der Waals surface area contributed by atoms with E-state index in [0.29, 0.717) is 5.92 Å². The average Bonchev–Trinajstić information content (AvgIpc) is 2.85. The van der Waals surface area contributed by atoms with Gasteiger partial charge in [0, 0.05) is 6.54 Å². The van der Waals surface area contributed by atoms with Crippen LogP contribution in [-0.4, -0.2) is 16.9 Å². The van der Waals surface area contributed by atoms with E-state index < -0.39 is 0 Å². The van der Waals surface area contributed by atoms with E-state index >= 15 is 0 Å². The highest BCUT2D eigenvalue weighted by atomic mass is 16.5. The van der Waals surface area contributed by atoms with Crippen molar-refractivity contribution >= 4 is 0 Å². The van der Waals surface area contributed by atoms with E-state index in [1.807, 2.05) is 6.20 Å². The van der Waals surface area contributed by atoms with Gasteiger partial charge >= 0.3 is 0 Å². The third-order valence-electron chi connectivity index (χ3n) is 4.60. The summed E-state index contributed by atoms with van der Waals surface area (Å²) in [5.41, 5.74) is 4.17. The molecule has 5 heteroatoms. The largest absolute Gasteiger partial charge is 0.493 e. The minimum Gasteiger partial charge on any atom is -0.493 e. The van der Waals surface area contributed by atoms with Crippen LogP contribution in [0.3, 0.4) is 0 Å². The van der Waals surface area contributed by atoms with E-state index in [0.717, 1.165) is 24.4 Å². The lowest BCUT2D eigenvalue weighted by Crippen LogP contribution is -2.36. The Morgan fingerprint density at radius 1 is 1.33 bits per heavy atom. The van der Waals surface area contributed by atoms with Crippen LogP contribution in [0.1, 0.15) is 70.0 Å². The quantitative estimate of drug-likeness (QED) is 0.625. The van der Waals surface area contributed by atoms with E-state index in [4.69, 9.17) is 10.6 Å². The third kappa shape index (κ3) is 3.98. The topological polar surface area (TPSA) is 65.1 Å². The summed E-state index contributed by atoms with van der Waals surface area (Å²) < 4.78 is 7.58. The van der Waals surface area contributed by atoms with Gasteiger partial charge in [-0.2, -0.15) is 5.10 Å². The predicted molar refractivity (Wildman–Crippen MR) is 84.9 cm³/mol. The summed E-state index contributed by atoms with van der Waals surface area (Å²) in [5.74, 6) is 7.35. The van der Waals surface area contributed by atoms with Crippen LogP contribution >= 0.6 is 0 Å². The molecule has 0 bridgehead atoms. The molecule has 0 amide bonds. The summed E-state index contributed by atoms with van der Waals surface area (Å²) in [5, 5.41) is 4.48. The minimum atomic E-state index is 0.132. The number of hydrogen-bond donors (Lipinski definition) is 2. The molecule has 1 heterocycles. The van der Waals surface area contributed by atoms with Gasteiger partial charge in [0.2, 0.25) is 0 Å². The van der Waals surface area contributed by atoms with Crippen molar-refractivity contribution in [3.05, 3.63) is 11.9 Å². The maximum atomic E-state index is 5.93. The number of rotatable bonds is 6. The zero-order valence-electron chi connectivity index (χ0n) is 13.5. The molecule has 0 aliphatic heterocycles. The van der Waals surface area contributed by atoms with Gasteiger partial charge in [-0.25, -0.2) is 0 Å². The first-order chi connectivity index (χ1) is 10.3. The molecule has 1 aliphatic carbocycles. The molecule has 1 atom stereocenters. The molecule has 1 aliphatic rings. The Morgan fingerprint density at radius 3 is 2.57 bits per heavy atom. The Balaban J connectivity index is 2.23. The molecule has 1 fully saturated rings. The zero-order chi connectivity index (χ0) is 15.1. The van der Waals surface area contributed by atoms with Crippen LogP contribution in [0.4, 0.5) is 0 Å². The van der Waals surface area contributed by atoms with E-state index in [1.54, 1.807) is 7.11 Å². The van der Waals surface area contributed by atoms with Crippen molar-refractivity contribution in [2.45, 2.75) is 70.9 Å². The van der Waals surface area contributed by atoms with E-state index in [2.05, 4.69) is 22.1 Å². The van der Waals surface area contributed by atoms with Crippen LogP contribution in [0, 0.1) is 5.92 Å². The van der Waals surface area contributed by atoms with E-state index in [1.165, 1.54) is 44.9 Å². The fourth-order valence-electron chi connectivity index (χ4n) is 3.50. The number of hydrazine groups is 1. The van der Waals surface area contributed by atoms with Crippen molar-refractivity contribution in [1.82, 2.24) is 15.2 Å². The van der Waals surface area contributed by atoms with E-state index in [-0.39, 0.29) is 6.04 Å². The first-order valence-corrected chi connectivity index (χ1v) is 8.37. The van der Waals surface area contributed by atoms with Crippen molar-refractivity contribution in [1.29, 1.82) is 0 Å². The molecular weight excluding hydrogens is 264 g/mol. The van der Waals surface area contributed by atoms with Crippen molar-refractivity contribution in [2.24, 2.45) is 11.8 Å². The molecule has 1 aromatic heterocycles. The molecule has 3 N–H and O–H groups in total. The fraction of sp³-hybridized carbons (Fsp3) is 0.812. The van der Waals surface area contributed by atoms with Crippen LogP contribution in [0.15, 0.2) is 6.20 Å². The van der Waals surface area contributed by atoms with Gasteiger partial charge in [0.05, 0.1) is 25.0 Å². The minimum absolute atomic E-state index is 0.132. The molecule has 0 spiro atoms. The SMILES string of the molecule is CCCn1ncc(OC)c1C(NN)C1CCCCCCC1. The smallest absolute Gasteiger partial charge is 0.161 e. The molecular formula is C16H30N4O. The Labute approximate surface area is 128 Å². The number of aryl methyl sites for hydroxylation is 1. The van der Waals surface area contributed by atoms with Gasteiger partial charge in [-0.05, 0) is 25.2 Å². The van der Waals surface area contributed by atoms with E-state index in [9.17, 15) is 0 Å². The second kappa shape index (κ2) is 8.39. The number of nitrogens with two attached hydrogens (primary N) is 1. The summed E-state index contributed by atoms with van der Waals surface area (Å²) in [6.45, 7) is 3.07. The molecule has 0 radical (unpaired) electrons. The highest BCUT2D eigenvalue weighted by molar-refractivity contribution is 5.29. The van der Waals surface area contributed by atoms with Crippen LogP contribution in [0.25, 0.3) is 0 Å². The highest BCUT2D eigenvalue weighted by Gasteiger charge is 2.28. The number of nitrogens with one attached hydrogen (secondary N) is 1. The summed E-state index contributed by atoms with van der Waals surface area (Å²) in [6.07, 6.45) is 12.0. The molecule has 120 valence electrons. The summed E-state index contributed by atoms with van der Waals surface area (Å²) >= 11 is 0. The molecule has 1 saturated carbocycles. The maximum Gasteiger partial charge on any atom is 0.161 e. The van der Waals surface area contributed by atoms with Crippen LogP contribution in [-0.2, 0) is 6.54 Å². The Hall–Kier alpha value is -1.07. The molecule has 2 rings (SSSR count). The molecule has 1 aromatic rings. The summed E-state index contributed by atoms with van der Waals surface area (Å²) in [4.78, 5) is 0. The number of nitrogens with zero attached hydrogens (tertiary/aromatic N) is 2.